The molecule has 192 valence electrons. The van der Waals surface area contributed by atoms with Crippen molar-refractivity contribution in [1.29, 1.82) is 0 Å². The summed E-state index contributed by atoms with van der Waals surface area (Å²) in [6.45, 7) is 2.30. The molecule has 0 N–H and O–H groups in total. The van der Waals surface area contributed by atoms with E-state index in [0.29, 0.717) is 0 Å². The Morgan fingerprint density at radius 2 is 0.879 bits per heavy atom. The molecule has 0 spiro atoms. The molecule has 0 aliphatic carbocycles. The summed E-state index contributed by atoms with van der Waals surface area (Å²) in [6.07, 6.45) is 31.1. The Bertz CT molecular complexity index is 540. The second-order valence-corrected chi connectivity index (χ2v) is 9.97. The van der Waals surface area contributed by atoms with E-state index in [9.17, 15) is 0 Å². The highest BCUT2D eigenvalue weighted by Crippen LogP contribution is 2.31. The second kappa shape index (κ2) is 22.6. The Labute approximate surface area is 207 Å². The van der Waals surface area contributed by atoms with Crippen LogP contribution in [0.5, 0.6) is 11.5 Å². The average Bonchev–Trinajstić information content (AvgIpc) is 2.84. The van der Waals surface area contributed by atoms with Gasteiger partial charge in [0.15, 0.2) is 11.5 Å². The number of rotatable bonds is 24. The molecule has 0 unspecified atom stereocenters. The van der Waals surface area contributed by atoms with Crippen LogP contribution in [0.3, 0.4) is 0 Å². The van der Waals surface area contributed by atoms with Crippen LogP contribution in [0.15, 0.2) is 18.2 Å². The Morgan fingerprint density at radius 1 is 0.485 bits per heavy atom. The summed E-state index contributed by atoms with van der Waals surface area (Å²) in [7, 11) is 3.44. The first-order valence-electron chi connectivity index (χ1n) is 14.5. The number of ether oxygens (including phenoxy) is 2. The third-order valence-electron chi connectivity index (χ3n) is 7.03. The van der Waals surface area contributed by atoms with Gasteiger partial charge in [-0.3, -0.25) is 0 Å². The van der Waals surface area contributed by atoms with Gasteiger partial charge < -0.3 is 9.47 Å². The Morgan fingerprint density at radius 3 is 1.24 bits per heavy atom. The van der Waals surface area contributed by atoms with Crippen LogP contribution in [0.2, 0.25) is 0 Å². The van der Waals surface area contributed by atoms with E-state index in [-0.39, 0.29) is 0 Å². The van der Waals surface area contributed by atoms with Crippen molar-refractivity contribution in [1.82, 2.24) is 0 Å². The fourth-order valence-electron chi connectivity index (χ4n) is 4.90. The minimum atomic E-state index is 0.846. The van der Waals surface area contributed by atoms with Gasteiger partial charge in [0.25, 0.3) is 0 Å². The van der Waals surface area contributed by atoms with Crippen molar-refractivity contribution in [2.24, 2.45) is 0 Å². The molecule has 33 heavy (non-hydrogen) atoms. The van der Waals surface area contributed by atoms with Crippen molar-refractivity contribution in [2.75, 3.05) is 14.2 Å². The van der Waals surface area contributed by atoms with Gasteiger partial charge in [-0.05, 0) is 24.5 Å². The summed E-state index contributed by atoms with van der Waals surface area (Å²) >= 11 is 0. The lowest BCUT2D eigenvalue weighted by atomic mass is 10.0. The summed E-state index contributed by atoms with van der Waals surface area (Å²) in [4.78, 5) is 0. The van der Waals surface area contributed by atoms with Crippen LogP contribution in [0.4, 0.5) is 0 Å². The molecule has 0 atom stereocenters. The van der Waals surface area contributed by atoms with Crippen molar-refractivity contribution in [3.05, 3.63) is 23.8 Å². The highest BCUT2D eigenvalue weighted by molar-refractivity contribution is 5.46. The van der Waals surface area contributed by atoms with Crippen LogP contribution < -0.4 is 9.47 Å². The lowest BCUT2D eigenvalue weighted by molar-refractivity contribution is 0.351. The van der Waals surface area contributed by atoms with E-state index in [0.717, 1.165) is 17.9 Å². The zero-order chi connectivity index (χ0) is 23.8. The van der Waals surface area contributed by atoms with Gasteiger partial charge in [-0.25, -0.2) is 0 Å². The third-order valence-corrected chi connectivity index (χ3v) is 7.03. The number of methoxy groups -OCH3 is 2. The van der Waals surface area contributed by atoms with Crippen molar-refractivity contribution in [2.45, 2.75) is 148 Å². The zero-order valence-electron chi connectivity index (χ0n) is 22.6. The average molecular weight is 461 g/mol. The van der Waals surface area contributed by atoms with Gasteiger partial charge in [0.2, 0.25) is 0 Å². The summed E-state index contributed by atoms with van der Waals surface area (Å²) in [6, 6.07) is 6.20. The van der Waals surface area contributed by atoms with E-state index < -0.39 is 0 Å². The minimum absolute atomic E-state index is 0.846. The van der Waals surface area contributed by atoms with Crippen LogP contribution >= 0.6 is 0 Å². The monoisotopic (exact) mass is 460 g/mol. The van der Waals surface area contributed by atoms with E-state index in [1.54, 1.807) is 14.2 Å². The van der Waals surface area contributed by atoms with Crippen LogP contribution in [0.25, 0.3) is 0 Å². The maximum absolute atomic E-state index is 5.54. The van der Waals surface area contributed by atoms with E-state index in [2.05, 4.69) is 19.1 Å². The van der Waals surface area contributed by atoms with Crippen LogP contribution in [0.1, 0.15) is 147 Å². The largest absolute Gasteiger partial charge is 0.493 e. The summed E-state index contributed by atoms with van der Waals surface area (Å²) in [5, 5.41) is 0. The van der Waals surface area contributed by atoms with Gasteiger partial charge in [0.1, 0.15) is 0 Å². The first-order chi connectivity index (χ1) is 16.3. The lowest BCUT2D eigenvalue weighted by Gasteiger charge is -2.12. The normalized spacial score (nSPS) is 11.1. The van der Waals surface area contributed by atoms with Gasteiger partial charge in [-0.1, -0.05) is 147 Å². The van der Waals surface area contributed by atoms with Gasteiger partial charge in [-0.2, -0.15) is 0 Å². The smallest absolute Gasteiger partial charge is 0.163 e. The highest BCUT2D eigenvalue weighted by Gasteiger charge is 2.08. The molecule has 1 aromatic carbocycles. The lowest BCUT2D eigenvalue weighted by Crippen LogP contribution is -1.96. The van der Waals surface area contributed by atoms with E-state index >= 15 is 0 Å². The molecule has 0 fully saturated rings. The number of para-hydroxylation sites is 1. The van der Waals surface area contributed by atoms with Gasteiger partial charge in [0.05, 0.1) is 14.2 Å². The molecule has 0 aromatic heterocycles. The Kier molecular flexibility index (Phi) is 20.4. The number of hydrogen-bond acceptors (Lipinski definition) is 2. The van der Waals surface area contributed by atoms with E-state index in [1.165, 1.54) is 140 Å². The molecule has 0 heterocycles. The molecule has 2 nitrogen and oxygen atoms in total. The van der Waals surface area contributed by atoms with E-state index in [4.69, 9.17) is 9.47 Å². The second-order valence-electron chi connectivity index (χ2n) is 9.97. The molecule has 0 saturated carbocycles. The molecule has 0 aliphatic heterocycles. The van der Waals surface area contributed by atoms with Crippen molar-refractivity contribution in [3.8, 4) is 11.5 Å². The topological polar surface area (TPSA) is 18.5 Å². The minimum Gasteiger partial charge on any atom is -0.493 e. The predicted molar refractivity (Wildman–Crippen MR) is 146 cm³/mol. The number of unbranched alkanes of at least 4 members (excludes halogenated alkanes) is 20. The molecular weight excluding hydrogens is 404 g/mol. The molecule has 0 aliphatic rings. The zero-order valence-corrected chi connectivity index (χ0v) is 22.6. The fourth-order valence-corrected chi connectivity index (χ4v) is 4.90. The van der Waals surface area contributed by atoms with Crippen LogP contribution in [0, 0.1) is 0 Å². The maximum Gasteiger partial charge on any atom is 0.163 e. The first kappa shape index (κ1) is 29.9. The van der Waals surface area contributed by atoms with E-state index in [1.807, 2.05) is 6.07 Å². The van der Waals surface area contributed by atoms with Gasteiger partial charge >= 0.3 is 0 Å². The van der Waals surface area contributed by atoms with Crippen LogP contribution in [-0.4, -0.2) is 14.2 Å². The summed E-state index contributed by atoms with van der Waals surface area (Å²) in [5.41, 5.74) is 1.27. The summed E-state index contributed by atoms with van der Waals surface area (Å²) < 4.78 is 10.9. The van der Waals surface area contributed by atoms with Crippen molar-refractivity contribution < 1.29 is 9.47 Å². The molecule has 1 rings (SSSR count). The molecule has 0 amide bonds. The molecular formula is C31H56O2. The molecule has 0 bridgehead atoms. The highest BCUT2D eigenvalue weighted by atomic mass is 16.5. The standard InChI is InChI=1S/C31H56O2/c1-4-5-6-7-8-9-10-11-12-13-14-15-16-17-18-19-20-21-22-23-24-26-29-27-25-28-30(32-2)31(29)33-3/h25,27-28H,4-24,26H2,1-3H3. The fraction of sp³-hybridized carbons (Fsp3) is 0.806. The maximum atomic E-state index is 5.54. The number of aryl methyl sites for hydroxylation is 1. The van der Waals surface area contributed by atoms with Gasteiger partial charge in [0, 0.05) is 0 Å². The first-order valence-corrected chi connectivity index (χ1v) is 14.5. The molecule has 2 heteroatoms. The predicted octanol–water partition coefficient (Wildman–Crippen LogP) is 10.5. The van der Waals surface area contributed by atoms with Crippen LogP contribution in [-0.2, 0) is 6.42 Å². The SMILES string of the molecule is CCCCCCCCCCCCCCCCCCCCCCCc1cccc(OC)c1OC. The number of benzene rings is 1. The Hall–Kier alpha value is -1.18. The summed E-state index contributed by atoms with van der Waals surface area (Å²) in [5.74, 6) is 1.76. The Balaban J connectivity index is 1.80. The third kappa shape index (κ3) is 16.1. The van der Waals surface area contributed by atoms with Gasteiger partial charge in [-0.15, -0.1) is 0 Å². The van der Waals surface area contributed by atoms with Crippen molar-refractivity contribution in [3.63, 3.8) is 0 Å². The molecule has 1 aromatic rings. The number of hydrogen-bond donors (Lipinski definition) is 0. The van der Waals surface area contributed by atoms with Crippen molar-refractivity contribution >= 4 is 0 Å². The molecule has 0 saturated heterocycles. The quantitative estimate of drug-likeness (QED) is 0.143. The molecule has 0 radical (unpaired) electrons.